The summed E-state index contributed by atoms with van der Waals surface area (Å²) in [5.74, 6) is -0.848. The number of carbonyl (C=O) groups excluding carboxylic acids is 2. The molecule has 0 aliphatic heterocycles. The minimum atomic E-state index is -0.736. The van der Waals surface area contributed by atoms with Crippen molar-refractivity contribution in [1.82, 2.24) is 0 Å². The Morgan fingerprint density at radius 1 is 1.16 bits per heavy atom. The smallest absolute Gasteiger partial charge is 0.345 e. The van der Waals surface area contributed by atoms with Gasteiger partial charge in [-0.3, -0.25) is 0 Å². The molecule has 0 radical (unpaired) electrons. The Hall–Kier alpha value is -1.20. The van der Waals surface area contributed by atoms with Crippen LogP contribution in [0.3, 0.4) is 0 Å². The van der Waals surface area contributed by atoms with E-state index in [4.69, 9.17) is 10.5 Å². The van der Waals surface area contributed by atoms with Gasteiger partial charge in [-0.05, 0) is 30.9 Å². The van der Waals surface area contributed by atoms with Gasteiger partial charge >= 0.3 is 11.9 Å². The van der Waals surface area contributed by atoms with Crippen molar-refractivity contribution in [3.05, 3.63) is 35.9 Å². The molecule has 0 aliphatic rings. The van der Waals surface area contributed by atoms with Crippen molar-refractivity contribution in [1.29, 1.82) is 0 Å². The van der Waals surface area contributed by atoms with E-state index in [9.17, 15) is 9.59 Å². The fourth-order valence-corrected chi connectivity index (χ4v) is 1.43. The van der Waals surface area contributed by atoms with Gasteiger partial charge in [-0.1, -0.05) is 32.0 Å². The van der Waals surface area contributed by atoms with Gasteiger partial charge < -0.3 is 10.5 Å². The van der Waals surface area contributed by atoms with Gasteiger partial charge in [0.2, 0.25) is 0 Å². The van der Waals surface area contributed by atoms with E-state index in [2.05, 4.69) is 0 Å². The molecule has 0 bridgehead atoms. The maximum absolute atomic E-state index is 11.6. The van der Waals surface area contributed by atoms with Gasteiger partial charge in [-0.25, -0.2) is 9.59 Å². The van der Waals surface area contributed by atoms with Crippen LogP contribution in [0.4, 0.5) is 0 Å². The first-order chi connectivity index (χ1) is 8.50. The first-order valence-corrected chi connectivity index (χ1v) is 6.07. The summed E-state index contributed by atoms with van der Waals surface area (Å²) in [6.45, 7) is 4.10. The monoisotopic (exact) mass is 329 g/mol. The van der Waals surface area contributed by atoms with E-state index < -0.39 is 18.0 Å². The van der Waals surface area contributed by atoms with Crippen molar-refractivity contribution >= 4 is 28.9 Å². The molecule has 0 aromatic heterocycles. The van der Waals surface area contributed by atoms with E-state index >= 15 is 0 Å². The molecule has 1 aromatic rings. The lowest BCUT2D eigenvalue weighted by Crippen LogP contribution is -2.34. The summed E-state index contributed by atoms with van der Waals surface area (Å²) in [6, 6.07) is 7.65. The number of halogens is 1. The lowest BCUT2D eigenvalue weighted by molar-refractivity contribution is -0.139. The molecule has 0 saturated heterocycles. The van der Waals surface area contributed by atoms with Crippen LogP contribution in [-0.4, -0.2) is 18.0 Å². The summed E-state index contributed by atoms with van der Waals surface area (Å²) in [6.07, 6.45) is 1.36. The largest absolute Gasteiger partial charge is 0.388 e. The molecule has 1 rings (SSSR count). The van der Waals surface area contributed by atoms with Crippen molar-refractivity contribution in [2.75, 3.05) is 0 Å². The summed E-state index contributed by atoms with van der Waals surface area (Å²) >= 11 is 0. The van der Waals surface area contributed by atoms with E-state index in [-0.39, 0.29) is 17.0 Å². The number of benzene rings is 1. The quantitative estimate of drug-likeness (QED) is 0.666. The summed E-state index contributed by atoms with van der Waals surface area (Å²) in [4.78, 5) is 23.2. The number of hydrogen-bond donors (Lipinski definition) is 1. The second kappa shape index (κ2) is 8.82. The van der Waals surface area contributed by atoms with Crippen LogP contribution in [0, 0.1) is 5.92 Å². The van der Waals surface area contributed by atoms with E-state index in [1.165, 1.54) is 0 Å². The molecule has 2 N–H and O–H groups in total. The highest BCUT2D eigenvalue weighted by atomic mass is 79.9. The zero-order valence-corrected chi connectivity index (χ0v) is 12.9. The highest BCUT2D eigenvalue weighted by Crippen LogP contribution is 2.08. The number of ether oxygens (including phenoxy) is 1. The van der Waals surface area contributed by atoms with Crippen LogP contribution in [0.5, 0.6) is 0 Å². The second-order valence-electron chi connectivity index (χ2n) is 4.65. The molecule has 0 spiro atoms. The maximum atomic E-state index is 11.6. The van der Waals surface area contributed by atoms with E-state index in [1.54, 1.807) is 30.3 Å². The Morgan fingerprint density at radius 2 is 1.74 bits per heavy atom. The molecule has 0 aliphatic carbocycles. The number of rotatable bonds is 5. The van der Waals surface area contributed by atoms with Crippen molar-refractivity contribution in [3.63, 3.8) is 0 Å². The average molecular weight is 330 g/mol. The molecule has 0 fully saturated rings. The number of nitrogens with two attached hydrogens (primary N) is 1. The van der Waals surface area contributed by atoms with Crippen LogP contribution in [0.25, 0.3) is 0 Å². The molecule has 1 atom stereocenters. The highest BCUT2D eigenvalue weighted by molar-refractivity contribution is 8.93. The Bertz CT molecular complexity index is 406. The van der Waals surface area contributed by atoms with Gasteiger partial charge in [0, 0.05) is 0 Å². The third-order valence-electron chi connectivity index (χ3n) is 2.56. The first kappa shape index (κ1) is 17.8. The third-order valence-corrected chi connectivity index (χ3v) is 2.56. The molecular formula is C14H20BrNO3. The van der Waals surface area contributed by atoms with Crippen LogP contribution < -0.4 is 5.73 Å². The van der Waals surface area contributed by atoms with Crippen LogP contribution in [0.2, 0.25) is 0 Å². The zero-order valence-electron chi connectivity index (χ0n) is 11.2. The third kappa shape index (κ3) is 6.50. The van der Waals surface area contributed by atoms with Gasteiger partial charge in [0.05, 0.1) is 5.56 Å². The van der Waals surface area contributed by atoms with Crippen molar-refractivity contribution in [2.45, 2.75) is 32.7 Å². The standard InChI is InChI=1S/C14H19NO3.BrH/c1-10(2)8-9-12(15)14(17)18-13(16)11-6-4-3-5-7-11;/h3-7,10,12H,8-9,15H2,1-2H3;1H/t12-;/m0./s1. The molecule has 0 unspecified atom stereocenters. The van der Waals surface area contributed by atoms with Gasteiger partial charge in [0.1, 0.15) is 6.04 Å². The minimum Gasteiger partial charge on any atom is -0.388 e. The van der Waals surface area contributed by atoms with E-state index in [0.29, 0.717) is 17.9 Å². The minimum absolute atomic E-state index is 0. The Morgan fingerprint density at radius 3 is 2.26 bits per heavy atom. The van der Waals surface area contributed by atoms with Gasteiger partial charge in [-0.15, -0.1) is 17.0 Å². The van der Waals surface area contributed by atoms with Crippen molar-refractivity contribution < 1.29 is 14.3 Å². The highest BCUT2D eigenvalue weighted by Gasteiger charge is 2.19. The Labute approximate surface area is 124 Å². The number of carbonyl (C=O) groups is 2. The molecule has 1 aromatic carbocycles. The van der Waals surface area contributed by atoms with Crippen LogP contribution in [0.15, 0.2) is 30.3 Å². The molecule has 0 saturated carbocycles. The fourth-order valence-electron chi connectivity index (χ4n) is 1.43. The predicted molar refractivity (Wildman–Crippen MR) is 79.2 cm³/mol. The van der Waals surface area contributed by atoms with Crippen LogP contribution in [-0.2, 0) is 9.53 Å². The van der Waals surface area contributed by atoms with Crippen molar-refractivity contribution in [2.24, 2.45) is 11.7 Å². The van der Waals surface area contributed by atoms with E-state index in [0.717, 1.165) is 6.42 Å². The second-order valence-corrected chi connectivity index (χ2v) is 4.65. The molecule has 0 heterocycles. The molecule has 5 heteroatoms. The lowest BCUT2D eigenvalue weighted by atomic mass is 10.0. The fraction of sp³-hybridized carbons (Fsp3) is 0.429. The van der Waals surface area contributed by atoms with Crippen LogP contribution >= 0.6 is 17.0 Å². The summed E-state index contributed by atoms with van der Waals surface area (Å²) in [7, 11) is 0. The lowest BCUT2D eigenvalue weighted by Gasteiger charge is -2.11. The SMILES string of the molecule is Br.CC(C)CC[C@H](N)C(=O)OC(=O)c1ccccc1. The van der Waals surface area contributed by atoms with Crippen LogP contribution in [0.1, 0.15) is 37.0 Å². The van der Waals surface area contributed by atoms with Gasteiger partial charge in [0.25, 0.3) is 0 Å². The average Bonchev–Trinajstić information content (AvgIpc) is 2.36. The summed E-state index contributed by atoms with van der Waals surface area (Å²) in [5, 5.41) is 0. The number of esters is 2. The summed E-state index contributed by atoms with van der Waals surface area (Å²) in [5.41, 5.74) is 6.01. The topological polar surface area (TPSA) is 69.4 Å². The predicted octanol–water partition coefficient (Wildman–Crippen LogP) is 2.71. The summed E-state index contributed by atoms with van der Waals surface area (Å²) < 4.78 is 4.73. The van der Waals surface area contributed by atoms with Gasteiger partial charge in [0.15, 0.2) is 0 Å². The normalized spacial score (nSPS) is 11.6. The first-order valence-electron chi connectivity index (χ1n) is 6.07. The number of hydrogen-bond acceptors (Lipinski definition) is 4. The maximum Gasteiger partial charge on any atom is 0.345 e. The van der Waals surface area contributed by atoms with E-state index in [1.807, 2.05) is 13.8 Å². The molecule has 4 nitrogen and oxygen atoms in total. The molecular weight excluding hydrogens is 310 g/mol. The Kier molecular flexibility index (Phi) is 8.27. The van der Waals surface area contributed by atoms with Gasteiger partial charge in [-0.2, -0.15) is 0 Å². The zero-order chi connectivity index (χ0) is 13.5. The molecule has 19 heavy (non-hydrogen) atoms. The molecule has 0 amide bonds. The van der Waals surface area contributed by atoms with Crippen molar-refractivity contribution in [3.8, 4) is 0 Å². The Balaban J connectivity index is 0.00000324. The molecule has 106 valence electrons.